The largest absolute Gasteiger partial charge is 0.371 e. The topological polar surface area (TPSA) is 47.6 Å². The number of hydrogen-bond donors (Lipinski definition) is 2. The molecule has 2 N–H and O–H groups in total. The molecule has 3 rings (SSSR count). The summed E-state index contributed by atoms with van der Waals surface area (Å²) in [5.41, 5.74) is 1.05. The number of carbonyl (C=O) groups is 1. The fraction of sp³-hybridized carbons (Fsp3) is 0.650. The lowest BCUT2D eigenvalue weighted by atomic mass is 10.0. The molecular weight excluding hydrogens is 331 g/mol. The van der Waals surface area contributed by atoms with Crippen LogP contribution in [0.15, 0.2) is 24.3 Å². The van der Waals surface area contributed by atoms with E-state index in [-0.39, 0.29) is 11.8 Å². The van der Waals surface area contributed by atoms with Crippen molar-refractivity contribution < 1.29 is 9.18 Å². The van der Waals surface area contributed by atoms with Gasteiger partial charge in [-0.3, -0.25) is 0 Å². The number of anilines is 1. The highest BCUT2D eigenvalue weighted by Crippen LogP contribution is 2.23. The summed E-state index contributed by atoms with van der Waals surface area (Å²) in [6.07, 6.45) is 3.63. The Kier molecular flexibility index (Phi) is 6.72. The van der Waals surface area contributed by atoms with E-state index < -0.39 is 0 Å². The Morgan fingerprint density at radius 3 is 2.73 bits per heavy atom. The van der Waals surface area contributed by atoms with Gasteiger partial charge in [0.05, 0.1) is 0 Å². The van der Waals surface area contributed by atoms with Gasteiger partial charge in [-0.25, -0.2) is 9.18 Å². The molecule has 0 aliphatic carbocycles. The van der Waals surface area contributed by atoms with Crippen LogP contribution in [0.2, 0.25) is 0 Å². The average Bonchev–Trinajstić information content (AvgIpc) is 3.10. The molecule has 2 unspecified atom stereocenters. The summed E-state index contributed by atoms with van der Waals surface area (Å²) in [6, 6.07) is 6.56. The molecule has 0 aromatic heterocycles. The highest BCUT2D eigenvalue weighted by atomic mass is 19.1. The number of urea groups is 1. The molecule has 144 valence electrons. The second-order valence-corrected chi connectivity index (χ2v) is 7.76. The van der Waals surface area contributed by atoms with E-state index in [9.17, 15) is 9.18 Å². The molecule has 2 atom stereocenters. The summed E-state index contributed by atoms with van der Waals surface area (Å²) in [4.78, 5) is 16.7. The summed E-state index contributed by atoms with van der Waals surface area (Å²) in [7, 11) is 0. The molecule has 2 aliphatic heterocycles. The van der Waals surface area contributed by atoms with Crippen LogP contribution in [-0.2, 0) is 0 Å². The van der Waals surface area contributed by atoms with Crippen molar-refractivity contribution in [2.45, 2.75) is 26.2 Å². The Labute approximate surface area is 155 Å². The van der Waals surface area contributed by atoms with E-state index in [0.29, 0.717) is 19.0 Å². The Balaban J connectivity index is 1.30. The monoisotopic (exact) mass is 362 g/mol. The predicted octanol–water partition coefficient (Wildman–Crippen LogP) is 2.68. The van der Waals surface area contributed by atoms with Gasteiger partial charge in [0.25, 0.3) is 0 Å². The number of rotatable bonds is 6. The third kappa shape index (κ3) is 5.59. The molecule has 0 spiro atoms. The van der Waals surface area contributed by atoms with Gasteiger partial charge in [0.2, 0.25) is 0 Å². The van der Waals surface area contributed by atoms with E-state index in [2.05, 4.69) is 27.4 Å². The highest BCUT2D eigenvalue weighted by molar-refractivity contribution is 5.73. The molecule has 2 aliphatic rings. The molecule has 6 heteroatoms. The van der Waals surface area contributed by atoms with Crippen molar-refractivity contribution in [3.63, 3.8) is 0 Å². The number of nitrogens with one attached hydrogen (secondary N) is 2. The van der Waals surface area contributed by atoms with Crippen molar-refractivity contribution in [3.05, 3.63) is 30.1 Å². The summed E-state index contributed by atoms with van der Waals surface area (Å²) >= 11 is 0. The Hall–Kier alpha value is -1.82. The minimum atomic E-state index is -0.207. The number of piperidine rings is 1. The van der Waals surface area contributed by atoms with Gasteiger partial charge in [0.1, 0.15) is 5.82 Å². The molecule has 26 heavy (non-hydrogen) atoms. The van der Waals surface area contributed by atoms with Gasteiger partial charge in [-0.05, 0) is 61.9 Å². The van der Waals surface area contributed by atoms with Gasteiger partial charge in [-0.2, -0.15) is 0 Å². The minimum absolute atomic E-state index is 0.0738. The zero-order chi connectivity index (χ0) is 18.4. The van der Waals surface area contributed by atoms with Gasteiger partial charge >= 0.3 is 6.03 Å². The van der Waals surface area contributed by atoms with Crippen LogP contribution < -0.4 is 15.5 Å². The first-order valence-corrected chi connectivity index (χ1v) is 9.84. The molecule has 0 radical (unpaired) electrons. The molecule has 2 fully saturated rings. The van der Waals surface area contributed by atoms with Crippen LogP contribution in [0.5, 0.6) is 0 Å². The van der Waals surface area contributed by atoms with Crippen LogP contribution in [0.25, 0.3) is 0 Å². The predicted molar refractivity (Wildman–Crippen MR) is 103 cm³/mol. The van der Waals surface area contributed by atoms with Gasteiger partial charge in [-0.15, -0.1) is 0 Å². The summed E-state index contributed by atoms with van der Waals surface area (Å²) in [5.74, 6) is 1.000. The number of amides is 2. The maximum atomic E-state index is 13.0. The fourth-order valence-electron chi connectivity index (χ4n) is 4.00. The summed E-state index contributed by atoms with van der Waals surface area (Å²) < 4.78 is 13.0. The quantitative estimate of drug-likeness (QED) is 0.818. The number of hydrogen-bond acceptors (Lipinski definition) is 3. The molecular formula is C20H31FN4O. The second kappa shape index (κ2) is 9.21. The third-order valence-electron chi connectivity index (χ3n) is 5.48. The molecule has 0 saturated carbocycles. The zero-order valence-corrected chi connectivity index (χ0v) is 15.7. The van der Waals surface area contributed by atoms with Crippen molar-refractivity contribution in [2.24, 2.45) is 11.8 Å². The van der Waals surface area contributed by atoms with Crippen molar-refractivity contribution >= 4 is 11.7 Å². The number of likely N-dealkylation sites (tertiary alicyclic amines) is 1. The standard InChI is InChI=1S/C20H31FN4O/c1-16-3-2-10-24(14-16)12-9-22-20(26)23-13-17-8-11-25(15-17)19-6-4-18(21)5-7-19/h4-7,16-17H,2-3,8-15H2,1H3,(H2,22,23,26). The first-order chi connectivity index (χ1) is 12.6. The summed E-state index contributed by atoms with van der Waals surface area (Å²) in [5, 5.41) is 5.97. The number of halogens is 1. The zero-order valence-electron chi connectivity index (χ0n) is 15.7. The van der Waals surface area contributed by atoms with Crippen LogP contribution in [-0.4, -0.2) is 56.7 Å². The van der Waals surface area contributed by atoms with E-state index in [4.69, 9.17) is 0 Å². The van der Waals surface area contributed by atoms with Crippen molar-refractivity contribution in [1.82, 2.24) is 15.5 Å². The van der Waals surface area contributed by atoms with E-state index in [0.717, 1.165) is 50.7 Å². The van der Waals surface area contributed by atoms with Crippen molar-refractivity contribution in [3.8, 4) is 0 Å². The summed E-state index contributed by atoms with van der Waals surface area (Å²) in [6.45, 7) is 8.75. The lowest BCUT2D eigenvalue weighted by molar-refractivity contribution is 0.183. The molecule has 1 aromatic rings. The molecule has 2 saturated heterocycles. The minimum Gasteiger partial charge on any atom is -0.371 e. The van der Waals surface area contributed by atoms with E-state index >= 15 is 0 Å². The molecule has 5 nitrogen and oxygen atoms in total. The van der Waals surface area contributed by atoms with Gasteiger partial charge in [-0.1, -0.05) is 6.92 Å². The smallest absolute Gasteiger partial charge is 0.314 e. The maximum Gasteiger partial charge on any atom is 0.314 e. The molecule has 0 bridgehead atoms. The van der Waals surface area contributed by atoms with E-state index in [1.165, 1.54) is 25.0 Å². The van der Waals surface area contributed by atoms with E-state index in [1.807, 2.05) is 12.1 Å². The van der Waals surface area contributed by atoms with Crippen LogP contribution in [0.4, 0.5) is 14.9 Å². The highest BCUT2D eigenvalue weighted by Gasteiger charge is 2.23. The van der Waals surface area contributed by atoms with Crippen molar-refractivity contribution in [2.75, 3.05) is 50.7 Å². The van der Waals surface area contributed by atoms with Crippen LogP contribution >= 0.6 is 0 Å². The average molecular weight is 362 g/mol. The lowest BCUT2D eigenvalue weighted by Gasteiger charge is -2.30. The Morgan fingerprint density at radius 1 is 1.15 bits per heavy atom. The Bertz CT molecular complexity index is 580. The maximum absolute atomic E-state index is 13.0. The van der Waals surface area contributed by atoms with Crippen molar-refractivity contribution in [1.29, 1.82) is 0 Å². The number of benzene rings is 1. The molecule has 2 heterocycles. The van der Waals surface area contributed by atoms with Crippen LogP contribution in [0.1, 0.15) is 26.2 Å². The van der Waals surface area contributed by atoms with Gasteiger partial charge in [0, 0.05) is 45.0 Å². The van der Waals surface area contributed by atoms with Gasteiger partial charge in [0.15, 0.2) is 0 Å². The number of carbonyl (C=O) groups excluding carboxylic acids is 1. The van der Waals surface area contributed by atoms with Crippen LogP contribution in [0, 0.1) is 17.7 Å². The SMILES string of the molecule is CC1CCCN(CCNC(=O)NCC2CCN(c3ccc(F)cc3)C2)C1. The normalized spacial score (nSPS) is 23.8. The number of nitrogens with zero attached hydrogens (tertiary/aromatic N) is 2. The first-order valence-electron chi connectivity index (χ1n) is 9.84. The third-order valence-corrected chi connectivity index (χ3v) is 5.48. The second-order valence-electron chi connectivity index (χ2n) is 7.76. The van der Waals surface area contributed by atoms with Gasteiger partial charge < -0.3 is 20.4 Å². The van der Waals surface area contributed by atoms with Crippen LogP contribution in [0.3, 0.4) is 0 Å². The lowest BCUT2D eigenvalue weighted by Crippen LogP contribution is -2.44. The Morgan fingerprint density at radius 2 is 1.96 bits per heavy atom. The fourth-order valence-corrected chi connectivity index (χ4v) is 4.00. The molecule has 2 amide bonds. The first kappa shape index (κ1) is 19.0. The van der Waals surface area contributed by atoms with E-state index in [1.54, 1.807) is 0 Å². The molecule has 1 aromatic carbocycles.